The minimum Gasteiger partial charge on any atom is -1.00 e. The summed E-state index contributed by atoms with van der Waals surface area (Å²) in [5, 5.41) is 6.82. The maximum absolute atomic E-state index is 12.9. The summed E-state index contributed by atoms with van der Waals surface area (Å²) >= 11 is 0. The van der Waals surface area contributed by atoms with Crippen molar-refractivity contribution in [2.24, 2.45) is 0 Å². The largest absolute Gasteiger partial charge is 1.00 e. The number of nitrogens with zero attached hydrogens (tertiary/aromatic N) is 1. The topological polar surface area (TPSA) is 44.1 Å². The molecule has 0 fully saturated rings. The Hall–Kier alpha value is -0.770. The van der Waals surface area contributed by atoms with Gasteiger partial charge in [-0.15, -0.1) is 0 Å². The number of unbranched alkanes of at least 4 members (excludes halogenated alkanes) is 28. The van der Waals surface area contributed by atoms with Gasteiger partial charge in [-0.05, 0) is 19.8 Å². The minimum atomic E-state index is 0. The van der Waals surface area contributed by atoms with E-state index in [9.17, 15) is 4.79 Å². The Balaban J connectivity index is 0.0000202. The van der Waals surface area contributed by atoms with E-state index >= 15 is 0 Å². The quantitative estimate of drug-likeness (QED) is 0.0523. The second-order valence-corrected chi connectivity index (χ2v) is 14.7. The number of hydrogen-bond acceptors (Lipinski definition) is 2. The molecule has 1 aliphatic heterocycles. The highest BCUT2D eigenvalue weighted by atomic mass is 35.5. The molecule has 0 bridgehead atoms. The molecule has 0 saturated heterocycles. The first-order valence-corrected chi connectivity index (χ1v) is 20.8. The first-order valence-electron chi connectivity index (χ1n) is 20.8. The number of amides is 1. The molecule has 2 atom stereocenters. The van der Waals surface area contributed by atoms with Crippen molar-refractivity contribution >= 4 is 12.2 Å². The average Bonchev–Trinajstić information content (AvgIpc) is 3.59. The second kappa shape index (κ2) is 35.5. The van der Waals surface area contributed by atoms with Crippen molar-refractivity contribution in [2.45, 2.75) is 238 Å². The fraction of sp³-hybridized carbons (Fsp3) is 0.951. The number of nitrogens with one attached hydrogen (secondary N) is 2. The Labute approximate surface area is 295 Å². The lowest BCUT2D eigenvalue weighted by Crippen LogP contribution is -3.00. The van der Waals surface area contributed by atoms with E-state index in [1.54, 1.807) is 0 Å². The van der Waals surface area contributed by atoms with Crippen LogP contribution in [0.25, 0.3) is 0 Å². The van der Waals surface area contributed by atoms with Gasteiger partial charge < -0.3 is 17.7 Å². The van der Waals surface area contributed by atoms with Gasteiger partial charge in [-0.2, -0.15) is 0 Å². The van der Waals surface area contributed by atoms with Crippen molar-refractivity contribution in [3.8, 4) is 0 Å². The van der Waals surface area contributed by atoms with Crippen molar-refractivity contribution in [1.29, 1.82) is 0 Å². The van der Waals surface area contributed by atoms with Crippen LogP contribution in [0.3, 0.4) is 0 Å². The molecule has 2 unspecified atom stereocenters. The molecule has 274 valence electrons. The molecule has 2 N–H and O–H groups in total. The molecule has 1 heterocycles. The molecule has 5 heteroatoms. The Kier molecular flexibility index (Phi) is 34.9. The highest BCUT2D eigenvalue weighted by Gasteiger charge is 2.26. The van der Waals surface area contributed by atoms with Crippen molar-refractivity contribution in [3.63, 3.8) is 0 Å². The molecule has 0 aromatic carbocycles. The van der Waals surface area contributed by atoms with Gasteiger partial charge in [0.25, 0.3) is 0 Å². The molecule has 0 saturated carbocycles. The molecule has 1 rings (SSSR count). The van der Waals surface area contributed by atoms with Crippen molar-refractivity contribution in [3.05, 3.63) is 0 Å². The Morgan fingerprint density at radius 2 is 0.935 bits per heavy atom. The summed E-state index contributed by atoms with van der Waals surface area (Å²) in [6.07, 6.45) is 45.4. The predicted octanol–water partition coefficient (Wildman–Crippen LogP) is 9.03. The van der Waals surface area contributed by atoms with Crippen LogP contribution < -0.4 is 23.0 Å². The highest BCUT2D eigenvalue weighted by Crippen LogP contribution is 2.17. The number of hydrogen-bond donors (Lipinski definition) is 2. The zero-order valence-electron chi connectivity index (χ0n) is 31.5. The minimum absolute atomic E-state index is 0. The van der Waals surface area contributed by atoms with E-state index in [2.05, 4.69) is 42.3 Å². The molecule has 1 aliphatic rings. The normalized spacial score (nSPS) is 14.0. The van der Waals surface area contributed by atoms with Crippen LogP contribution >= 0.6 is 0 Å². The van der Waals surface area contributed by atoms with Gasteiger partial charge in [0.05, 0.1) is 6.04 Å². The Morgan fingerprint density at radius 3 is 1.28 bits per heavy atom. The van der Waals surface area contributed by atoms with E-state index in [1.165, 1.54) is 186 Å². The van der Waals surface area contributed by atoms with Crippen LogP contribution in [0.4, 0.5) is 0 Å². The van der Waals surface area contributed by atoms with Gasteiger partial charge >= 0.3 is 0 Å². The van der Waals surface area contributed by atoms with E-state index in [1.807, 2.05) is 0 Å². The van der Waals surface area contributed by atoms with Crippen molar-refractivity contribution in [2.75, 3.05) is 13.1 Å². The van der Waals surface area contributed by atoms with Gasteiger partial charge in [0.2, 0.25) is 12.2 Å². The lowest BCUT2D eigenvalue weighted by Gasteiger charge is -2.25. The SMILES string of the molecule is CCCCCCCCCCCCCCCCCC(=O)NC(CCCCCCCCCCCCCCCCC)C(C)[N+]1=CNCC1.[Cl-]. The Bertz CT molecular complexity index is 670. The van der Waals surface area contributed by atoms with E-state index in [0.29, 0.717) is 12.5 Å². The summed E-state index contributed by atoms with van der Waals surface area (Å²) in [5.41, 5.74) is 0. The monoisotopic (exact) mass is 668 g/mol. The molecule has 46 heavy (non-hydrogen) atoms. The molecule has 0 aliphatic carbocycles. The highest BCUT2D eigenvalue weighted by molar-refractivity contribution is 5.76. The molecule has 0 spiro atoms. The van der Waals surface area contributed by atoms with Crippen LogP contribution in [-0.4, -0.2) is 42.0 Å². The van der Waals surface area contributed by atoms with Crippen LogP contribution in [0.1, 0.15) is 226 Å². The lowest BCUT2D eigenvalue weighted by atomic mass is 9.99. The first kappa shape index (κ1) is 45.2. The third-order valence-corrected chi connectivity index (χ3v) is 10.3. The molecule has 1 amide bonds. The third-order valence-electron chi connectivity index (χ3n) is 10.3. The van der Waals surface area contributed by atoms with Crippen LogP contribution in [0.2, 0.25) is 0 Å². The van der Waals surface area contributed by atoms with Gasteiger partial charge in [0.1, 0.15) is 19.1 Å². The summed E-state index contributed by atoms with van der Waals surface area (Å²) in [5.74, 6) is 0.273. The molecule has 0 aromatic heterocycles. The van der Waals surface area contributed by atoms with E-state index < -0.39 is 0 Å². The van der Waals surface area contributed by atoms with Crippen LogP contribution in [-0.2, 0) is 4.79 Å². The van der Waals surface area contributed by atoms with Crippen molar-refractivity contribution in [1.82, 2.24) is 10.6 Å². The molecule has 4 nitrogen and oxygen atoms in total. The molecule has 0 radical (unpaired) electrons. The van der Waals surface area contributed by atoms with Crippen LogP contribution in [0.5, 0.6) is 0 Å². The van der Waals surface area contributed by atoms with Crippen LogP contribution in [0.15, 0.2) is 0 Å². The van der Waals surface area contributed by atoms with E-state index in [0.717, 1.165) is 25.9 Å². The smallest absolute Gasteiger partial charge is 0.232 e. The molecular weight excluding hydrogens is 586 g/mol. The van der Waals surface area contributed by atoms with Crippen molar-refractivity contribution < 1.29 is 21.8 Å². The fourth-order valence-electron chi connectivity index (χ4n) is 7.10. The molecule has 0 aromatic rings. The molecular formula is C41H82ClN3O. The zero-order chi connectivity index (χ0) is 32.5. The summed E-state index contributed by atoms with van der Waals surface area (Å²) in [7, 11) is 0. The maximum atomic E-state index is 12.9. The van der Waals surface area contributed by atoms with E-state index in [-0.39, 0.29) is 24.4 Å². The number of halogens is 1. The summed E-state index contributed by atoms with van der Waals surface area (Å²) in [4.78, 5) is 12.9. The van der Waals surface area contributed by atoms with Gasteiger partial charge in [-0.25, -0.2) is 0 Å². The standard InChI is InChI=1S/C41H81N3O.ClH/c1-4-6-8-10-12-14-16-18-20-22-24-26-28-30-32-34-40(39(3)44-37-36-42-38-44)43-41(45)35-33-31-29-27-25-23-21-19-17-15-13-11-9-7-5-2;/h38-40H,4-37H2,1-3H3,(H,43,45);1H. The van der Waals surface area contributed by atoms with Gasteiger partial charge in [-0.1, -0.05) is 200 Å². The lowest BCUT2D eigenvalue weighted by molar-refractivity contribution is -0.553. The number of rotatable bonds is 35. The maximum Gasteiger partial charge on any atom is 0.232 e. The summed E-state index contributed by atoms with van der Waals surface area (Å²) < 4.78 is 2.39. The first-order chi connectivity index (χ1) is 22.2. The number of carbonyl (C=O) groups is 1. The van der Waals surface area contributed by atoms with Gasteiger partial charge in [-0.3, -0.25) is 14.7 Å². The van der Waals surface area contributed by atoms with Gasteiger partial charge in [0, 0.05) is 6.42 Å². The van der Waals surface area contributed by atoms with Gasteiger partial charge in [0.15, 0.2) is 0 Å². The second-order valence-electron chi connectivity index (χ2n) is 14.7. The fourth-order valence-corrected chi connectivity index (χ4v) is 7.10. The zero-order valence-corrected chi connectivity index (χ0v) is 32.3. The summed E-state index contributed by atoms with van der Waals surface area (Å²) in [6.45, 7) is 8.96. The van der Waals surface area contributed by atoms with E-state index in [4.69, 9.17) is 0 Å². The number of carbonyl (C=O) groups excluding carboxylic acids is 1. The summed E-state index contributed by atoms with van der Waals surface area (Å²) in [6, 6.07) is 0.614. The Morgan fingerprint density at radius 1 is 0.587 bits per heavy atom. The average molecular weight is 669 g/mol. The third kappa shape index (κ3) is 28.3. The predicted molar refractivity (Wildman–Crippen MR) is 200 cm³/mol. The van der Waals surface area contributed by atoms with Crippen LogP contribution in [0, 0.1) is 0 Å².